The van der Waals surface area contributed by atoms with Crippen molar-refractivity contribution in [3.63, 3.8) is 0 Å². The molecule has 1 amide bonds. The second-order valence-electron chi connectivity index (χ2n) is 9.59. The average molecular weight is 442 g/mol. The molecular weight excluding hydrogens is 412 g/mol. The molecule has 170 valence electrons. The molecule has 4 aliphatic rings. The number of carbonyl (C=O) groups excluding carboxylic acids is 1. The number of rotatable bonds is 4. The smallest absolute Gasteiger partial charge is 0.226 e. The number of hydrogen-bond donors (Lipinski definition) is 1. The summed E-state index contributed by atoms with van der Waals surface area (Å²) in [6, 6.07) is 5.60. The number of nitrogens with one attached hydrogen (secondary N) is 1. The van der Waals surface area contributed by atoms with Gasteiger partial charge in [-0.25, -0.2) is 18.7 Å². The molecule has 6 rings (SSSR count). The lowest BCUT2D eigenvalue weighted by molar-refractivity contribution is -0.130. The van der Waals surface area contributed by atoms with Crippen LogP contribution in [0.5, 0.6) is 0 Å². The number of anilines is 1. The van der Waals surface area contributed by atoms with Crippen LogP contribution in [-0.4, -0.2) is 59.0 Å². The second kappa shape index (κ2) is 8.39. The van der Waals surface area contributed by atoms with Crippen molar-refractivity contribution in [1.29, 1.82) is 0 Å². The van der Waals surface area contributed by atoms with Crippen molar-refractivity contribution in [1.82, 2.24) is 20.2 Å². The van der Waals surface area contributed by atoms with Crippen LogP contribution < -0.4 is 10.2 Å². The van der Waals surface area contributed by atoms with Crippen molar-refractivity contribution in [2.45, 2.75) is 38.1 Å². The second-order valence-corrected chi connectivity index (χ2v) is 9.59. The molecule has 1 aromatic carbocycles. The fraction of sp³-hybridized carbons (Fsp3) is 0.542. The van der Waals surface area contributed by atoms with E-state index in [0.717, 1.165) is 38.7 Å². The minimum absolute atomic E-state index is 0.0319. The minimum Gasteiger partial charge on any atom is -0.349 e. The van der Waals surface area contributed by atoms with Crippen molar-refractivity contribution < 1.29 is 13.6 Å². The van der Waals surface area contributed by atoms with Crippen LogP contribution in [0.1, 0.15) is 32.6 Å². The number of halogens is 2. The van der Waals surface area contributed by atoms with Crippen LogP contribution in [0.25, 0.3) is 11.3 Å². The van der Waals surface area contributed by atoms with Crippen molar-refractivity contribution in [2.75, 3.05) is 37.6 Å². The van der Waals surface area contributed by atoms with E-state index in [1.54, 1.807) is 0 Å². The van der Waals surface area contributed by atoms with E-state index in [1.807, 2.05) is 4.90 Å². The number of aromatic nitrogens is 2. The first-order chi connectivity index (χ1) is 15.4. The van der Waals surface area contributed by atoms with Crippen molar-refractivity contribution in [3.05, 3.63) is 42.1 Å². The Bertz CT molecular complexity index is 984. The molecule has 32 heavy (non-hydrogen) atoms. The Morgan fingerprint density at radius 3 is 2.38 bits per heavy atom. The van der Waals surface area contributed by atoms with Gasteiger partial charge in [0.25, 0.3) is 0 Å². The molecule has 0 spiro atoms. The van der Waals surface area contributed by atoms with Gasteiger partial charge in [-0.1, -0.05) is 0 Å². The maximum atomic E-state index is 14.3. The van der Waals surface area contributed by atoms with Crippen LogP contribution in [0.4, 0.5) is 14.7 Å². The summed E-state index contributed by atoms with van der Waals surface area (Å²) in [4.78, 5) is 26.1. The van der Waals surface area contributed by atoms with E-state index < -0.39 is 5.82 Å². The van der Waals surface area contributed by atoms with Crippen LogP contribution in [-0.2, 0) is 4.79 Å². The maximum Gasteiger partial charge on any atom is 0.226 e. The van der Waals surface area contributed by atoms with Gasteiger partial charge in [0.15, 0.2) is 5.82 Å². The first kappa shape index (κ1) is 21.2. The molecule has 0 saturated carbocycles. The summed E-state index contributed by atoms with van der Waals surface area (Å²) in [5.74, 6) is 0.197. The lowest BCUT2D eigenvalue weighted by atomic mass is 9.73. The Morgan fingerprint density at radius 1 is 1.06 bits per heavy atom. The Kier molecular flexibility index (Phi) is 5.57. The number of fused-ring (bicyclic) bond motifs is 3. The van der Waals surface area contributed by atoms with Crippen LogP contribution >= 0.6 is 0 Å². The van der Waals surface area contributed by atoms with Gasteiger partial charge in [0.05, 0.1) is 11.7 Å². The third-order valence-electron chi connectivity index (χ3n) is 7.45. The van der Waals surface area contributed by atoms with Crippen LogP contribution in [0, 0.1) is 23.5 Å². The first-order valence-corrected chi connectivity index (χ1v) is 11.5. The highest BCUT2D eigenvalue weighted by molar-refractivity contribution is 5.80. The summed E-state index contributed by atoms with van der Waals surface area (Å²) < 4.78 is 27.5. The summed E-state index contributed by atoms with van der Waals surface area (Å²) in [5.41, 5.74) is 0.534. The van der Waals surface area contributed by atoms with E-state index in [0.29, 0.717) is 43.4 Å². The Hall–Kier alpha value is -2.61. The highest BCUT2D eigenvalue weighted by Crippen LogP contribution is 2.36. The van der Waals surface area contributed by atoms with E-state index in [1.165, 1.54) is 24.3 Å². The Morgan fingerprint density at radius 2 is 1.75 bits per heavy atom. The third kappa shape index (κ3) is 4.08. The van der Waals surface area contributed by atoms with Crippen molar-refractivity contribution in [3.8, 4) is 11.3 Å². The number of amides is 1. The topological polar surface area (TPSA) is 61.4 Å². The summed E-state index contributed by atoms with van der Waals surface area (Å²) >= 11 is 0. The summed E-state index contributed by atoms with van der Waals surface area (Å²) in [6.45, 7) is 6.70. The van der Waals surface area contributed by atoms with Crippen molar-refractivity contribution in [2.24, 2.45) is 11.8 Å². The standard InChI is InChI=1S/C24H29F2N5O/c1-24(15-30-10-8-18(24)9-11-30)29-22(32)17-6-12-31(13-7-17)23-27-14-20(26)21(28-23)16-2-4-19(25)5-3-16/h2-5,14,17-18H,6-13,15H2,1H3,(H,29,32). The van der Waals surface area contributed by atoms with Gasteiger partial charge >= 0.3 is 0 Å². The molecule has 4 saturated heterocycles. The fourth-order valence-corrected chi connectivity index (χ4v) is 5.51. The molecule has 2 aromatic rings. The SMILES string of the molecule is CC1(NC(=O)C2CCN(c3ncc(F)c(-c4ccc(F)cc4)n3)CC2)CN2CCC1CC2. The molecule has 6 nitrogen and oxygen atoms in total. The largest absolute Gasteiger partial charge is 0.349 e. The molecule has 1 aromatic heterocycles. The summed E-state index contributed by atoms with van der Waals surface area (Å²) in [6.07, 6.45) is 4.90. The number of nitrogens with zero attached hydrogens (tertiary/aromatic N) is 4. The van der Waals surface area contributed by atoms with Gasteiger partial charge in [0.1, 0.15) is 11.5 Å². The number of carbonyl (C=O) groups is 1. The van der Waals surface area contributed by atoms with E-state index in [9.17, 15) is 13.6 Å². The normalized spacial score (nSPS) is 28.0. The Labute approximate surface area is 187 Å². The molecule has 8 heteroatoms. The molecule has 4 aliphatic heterocycles. The maximum absolute atomic E-state index is 14.3. The molecule has 1 unspecified atom stereocenters. The molecule has 0 aliphatic carbocycles. The monoisotopic (exact) mass is 441 g/mol. The van der Waals surface area contributed by atoms with Gasteiger partial charge in [-0.05, 0) is 75.9 Å². The summed E-state index contributed by atoms with van der Waals surface area (Å²) in [7, 11) is 0. The quantitative estimate of drug-likeness (QED) is 0.790. The van der Waals surface area contributed by atoms with E-state index >= 15 is 0 Å². The zero-order valence-corrected chi connectivity index (χ0v) is 18.4. The van der Waals surface area contributed by atoms with Gasteiger partial charge in [-0.2, -0.15) is 0 Å². The molecule has 0 radical (unpaired) electrons. The van der Waals surface area contributed by atoms with E-state index in [-0.39, 0.29) is 28.9 Å². The minimum atomic E-state index is -0.541. The fourth-order valence-electron chi connectivity index (χ4n) is 5.51. The lowest BCUT2D eigenvalue weighted by Gasteiger charge is -2.52. The lowest BCUT2D eigenvalue weighted by Crippen LogP contribution is -2.66. The number of benzene rings is 1. The van der Waals surface area contributed by atoms with Gasteiger partial charge in [-0.15, -0.1) is 0 Å². The number of piperidine rings is 4. The van der Waals surface area contributed by atoms with Gasteiger partial charge in [0, 0.05) is 31.1 Å². The molecular formula is C24H29F2N5O. The average Bonchev–Trinajstić information content (AvgIpc) is 2.80. The Balaban J connectivity index is 1.22. The van der Waals surface area contributed by atoms with E-state index in [4.69, 9.17) is 0 Å². The highest BCUT2D eigenvalue weighted by atomic mass is 19.1. The molecule has 1 atom stereocenters. The van der Waals surface area contributed by atoms with Crippen LogP contribution in [0.3, 0.4) is 0 Å². The molecule has 4 fully saturated rings. The molecule has 5 heterocycles. The van der Waals surface area contributed by atoms with Crippen LogP contribution in [0.2, 0.25) is 0 Å². The third-order valence-corrected chi connectivity index (χ3v) is 7.45. The zero-order chi connectivity index (χ0) is 22.3. The van der Waals surface area contributed by atoms with Crippen molar-refractivity contribution >= 4 is 11.9 Å². The molecule has 1 N–H and O–H groups in total. The number of hydrogen-bond acceptors (Lipinski definition) is 5. The highest BCUT2D eigenvalue weighted by Gasteiger charge is 2.45. The van der Waals surface area contributed by atoms with Crippen LogP contribution in [0.15, 0.2) is 30.5 Å². The van der Waals surface area contributed by atoms with Gasteiger partial charge in [0.2, 0.25) is 11.9 Å². The zero-order valence-electron chi connectivity index (χ0n) is 18.4. The molecule has 2 bridgehead atoms. The van der Waals surface area contributed by atoms with Gasteiger partial charge in [-0.3, -0.25) is 4.79 Å². The summed E-state index contributed by atoms with van der Waals surface area (Å²) in [5, 5.41) is 3.38. The van der Waals surface area contributed by atoms with E-state index in [2.05, 4.69) is 27.1 Å². The van der Waals surface area contributed by atoms with Gasteiger partial charge < -0.3 is 15.1 Å². The predicted octanol–water partition coefficient (Wildman–Crippen LogP) is 3.24. The predicted molar refractivity (Wildman–Crippen MR) is 118 cm³/mol. The first-order valence-electron chi connectivity index (χ1n) is 11.5.